The molecule has 110 valence electrons. The molecule has 0 spiro atoms. The van der Waals surface area contributed by atoms with Gasteiger partial charge < -0.3 is 9.47 Å². The molecular formula is C13H13N3O4S. The summed E-state index contributed by atoms with van der Waals surface area (Å²) in [7, 11) is 0. The average Bonchev–Trinajstić information content (AvgIpc) is 3.01. The fourth-order valence-corrected chi connectivity index (χ4v) is 2.24. The normalized spacial score (nSPS) is 10.2. The fourth-order valence-electron chi connectivity index (χ4n) is 1.53. The molecule has 8 heteroatoms. The van der Waals surface area contributed by atoms with Gasteiger partial charge in [-0.1, -0.05) is 6.07 Å². The van der Waals surface area contributed by atoms with Crippen molar-refractivity contribution in [2.75, 3.05) is 13.2 Å². The molecule has 2 aromatic heterocycles. The van der Waals surface area contributed by atoms with E-state index >= 15 is 0 Å². The Kier molecular flexibility index (Phi) is 4.94. The maximum absolute atomic E-state index is 11.9. The van der Waals surface area contributed by atoms with Gasteiger partial charge in [-0.05, 0) is 25.3 Å². The van der Waals surface area contributed by atoms with Crippen molar-refractivity contribution in [3.63, 3.8) is 0 Å². The van der Waals surface area contributed by atoms with Crippen LogP contribution < -0.4 is 0 Å². The molecular weight excluding hydrogens is 294 g/mol. The number of ether oxygens (including phenoxy) is 2. The van der Waals surface area contributed by atoms with E-state index in [1.54, 1.807) is 26.0 Å². The lowest BCUT2D eigenvalue weighted by Gasteiger charge is -2.06. The standard InChI is InChI=1S/C13H13N3O4S/c1-3-19-12(17)10-9(8-6-5-7-21-8)14-11(16-15-10)13(18)20-4-2/h5-7H,3-4H2,1-2H3. The molecule has 0 N–H and O–H groups in total. The third-order valence-corrected chi connectivity index (χ3v) is 3.24. The highest BCUT2D eigenvalue weighted by Gasteiger charge is 2.22. The summed E-state index contributed by atoms with van der Waals surface area (Å²) in [4.78, 5) is 28.4. The van der Waals surface area contributed by atoms with E-state index in [1.165, 1.54) is 11.3 Å². The van der Waals surface area contributed by atoms with Crippen LogP contribution in [0, 0.1) is 0 Å². The van der Waals surface area contributed by atoms with Crippen LogP contribution >= 0.6 is 11.3 Å². The van der Waals surface area contributed by atoms with Crippen LogP contribution in [-0.4, -0.2) is 40.3 Å². The van der Waals surface area contributed by atoms with Crippen LogP contribution in [0.3, 0.4) is 0 Å². The van der Waals surface area contributed by atoms with Crippen LogP contribution in [0.15, 0.2) is 17.5 Å². The lowest BCUT2D eigenvalue weighted by atomic mass is 10.2. The quantitative estimate of drug-likeness (QED) is 0.780. The van der Waals surface area contributed by atoms with Gasteiger partial charge in [-0.2, -0.15) is 0 Å². The van der Waals surface area contributed by atoms with Crippen molar-refractivity contribution in [2.45, 2.75) is 13.8 Å². The first-order valence-electron chi connectivity index (χ1n) is 6.30. The van der Waals surface area contributed by atoms with Crippen molar-refractivity contribution >= 4 is 23.3 Å². The zero-order valence-electron chi connectivity index (χ0n) is 11.5. The second-order valence-corrected chi connectivity index (χ2v) is 4.70. The largest absolute Gasteiger partial charge is 0.461 e. The molecule has 7 nitrogen and oxygen atoms in total. The molecule has 0 saturated carbocycles. The van der Waals surface area contributed by atoms with Crippen LogP contribution in [0.1, 0.15) is 35.0 Å². The van der Waals surface area contributed by atoms with E-state index in [1.807, 2.05) is 5.38 Å². The molecule has 0 aliphatic carbocycles. The zero-order chi connectivity index (χ0) is 15.2. The van der Waals surface area contributed by atoms with Crippen molar-refractivity contribution in [1.29, 1.82) is 0 Å². The van der Waals surface area contributed by atoms with E-state index in [-0.39, 0.29) is 30.4 Å². The van der Waals surface area contributed by atoms with E-state index in [9.17, 15) is 9.59 Å². The molecule has 0 atom stereocenters. The summed E-state index contributed by atoms with van der Waals surface area (Å²) in [6.07, 6.45) is 0. The minimum absolute atomic E-state index is 0.0210. The van der Waals surface area contributed by atoms with Gasteiger partial charge in [0.1, 0.15) is 5.69 Å². The molecule has 2 rings (SSSR count). The average molecular weight is 307 g/mol. The Morgan fingerprint density at radius 3 is 2.48 bits per heavy atom. The molecule has 0 saturated heterocycles. The SMILES string of the molecule is CCOC(=O)c1nnc(C(=O)OCC)c(-c2cccs2)n1. The maximum atomic E-state index is 11.9. The fraction of sp³-hybridized carbons (Fsp3) is 0.308. The van der Waals surface area contributed by atoms with Gasteiger partial charge in [0, 0.05) is 0 Å². The second-order valence-electron chi connectivity index (χ2n) is 3.75. The third-order valence-electron chi connectivity index (χ3n) is 2.37. The zero-order valence-corrected chi connectivity index (χ0v) is 12.3. The van der Waals surface area contributed by atoms with Crippen LogP contribution in [0.2, 0.25) is 0 Å². The summed E-state index contributed by atoms with van der Waals surface area (Å²) < 4.78 is 9.75. The first kappa shape index (κ1) is 15.0. The van der Waals surface area contributed by atoms with Gasteiger partial charge in [0.25, 0.3) is 5.82 Å². The van der Waals surface area contributed by atoms with Gasteiger partial charge in [0.05, 0.1) is 18.1 Å². The summed E-state index contributed by atoms with van der Waals surface area (Å²) in [5, 5.41) is 9.24. The van der Waals surface area contributed by atoms with Gasteiger partial charge in [-0.25, -0.2) is 14.6 Å². The van der Waals surface area contributed by atoms with Crippen molar-refractivity contribution in [3.8, 4) is 10.6 Å². The monoisotopic (exact) mass is 307 g/mol. The number of rotatable bonds is 5. The number of aromatic nitrogens is 3. The van der Waals surface area contributed by atoms with Crippen molar-refractivity contribution in [1.82, 2.24) is 15.2 Å². The molecule has 0 fully saturated rings. The number of esters is 2. The highest BCUT2D eigenvalue weighted by molar-refractivity contribution is 7.13. The predicted octanol–water partition coefficient (Wildman–Crippen LogP) is 1.95. The number of thiophene rings is 1. The van der Waals surface area contributed by atoms with Gasteiger partial charge >= 0.3 is 11.9 Å². The molecule has 0 unspecified atom stereocenters. The molecule has 0 bridgehead atoms. The number of hydrogen-bond donors (Lipinski definition) is 0. The second kappa shape index (κ2) is 6.89. The Bertz CT molecular complexity index is 643. The van der Waals surface area contributed by atoms with Gasteiger partial charge in [0.2, 0.25) is 0 Å². The van der Waals surface area contributed by atoms with E-state index in [0.29, 0.717) is 4.88 Å². The van der Waals surface area contributed by atoms with Crippen molar-refractivity contribution in [3.05, 3.63) is 29.0 Å². The summed E-state index contributed by atoms with van der Waals surface area (Å²) >= 11 is 1.37. The van der Waals surface area contributed by atoms with Crippen molar-refractivity contribution in [2.24, 2.45) is 0 Å². The third kappa shape index (κ3) is 3.40. The molecule has 0 aromatic carbocycles. The number of carbonyl (C=O) groups excluding carboxylic acids is 2. The van der Waals surface area contributed by atoms with E-state index in [0.717, 1.165) is 0 Å². The van der Waals surface area contributed by atoms with E-state index < -0.39 is 11.9 Å². The Labute approximate surface area is 124 Å². The van der Waals surface area contributed by atoms with Crippen molar-refractivity contribution < 1.29 is 19.1 Å². The Hall–Kier alpha value is -2.35. The highest BCUT2D eigenvalue weighted by atomic mass is 32.1. The maximum Gasteiger partial charge on any atom is 0.378 e. The highest BCUT2D eigenvalue weighted by Crippen LogP contribution is 2.25. The lowest BCUT2D eigenvalue weighted by molar-refractivity contribution is 0.0492. The summed E-state index contributed by atoms with van der Waals surface area (Å²) in [5.74, 6) is -1.50. The van der Waals surface area contributed by atoms with Gasteiger partial charge in [-0.3, -0.25) is 0 Å². The first-order chi connectivity index (χ1) is 10.2. The van der Waals surface area contributed by atoms with Crippen LogP contribution in [0.25, 0.3) is 10.6 Å². The molecule has 2 aromatic rings. The smallest absolute Gasteiger partial charge is 0.378 e. The number of carbonyl (C=O) groups is 2. The van der Waals surface area contributed by atoms with Crippen LogP contribution in [-0.2, 0) is 9.47 Å². The van der Waals surface area contributed by atoms with E-state index in [2.05, 4.69) is 15.2 Å². The first-order valence-corrected chi connectivity index (χ1v) is 7.18. The Morgan fingerprint density at radius 2 is 1.86 bits per heavy atom. The summed E-state index contributed by atoms with van der Waals surface area (Å²) in [6, 6.07) is 3.58. The molecule has 2 heterocycles. The minimum Gasteiger partial charge on any atom is -0.461 e. The molecule has 0 radical (unpaired) electrons. The van der Waals surface area contributed by atoms with Crippen LogP contribution in [0.5, 0.6) is 0 Å². The predicted molar refractivity (Wildman–Crippen MR) is 75.1 cm³/mol. The summed E-state index contributed by atoms with van der Waals surface area (Å²) in [5.41, 5.74) is 0.244. The molecule has 0 amide bonds. The lowest BCUT2D eigenvalue weighted by Crippen LogP contribution is -2.17. The Balaban J connectivity index is 2.47. The topological polar surface area (TPSA) is 91.3 Å². The van der Waals surface area contributed by atoms with Crippen LogP contribution in [0.4, 0.5) is 0 Å². The number of nitrogens with zero attached hydrogens (tertiary/aromatic N) is 3. The minimum atomic E-state index is -0.682. The molecule has 21 heavy (non-hydrogen) atoms. The molecule has 0 aliphatic rings. The van der Waals surface area contributed by atoms with Gasteiger partial charge in [0.15, 0.2) is 5.69 Å². The number of hydrogen-bond acceptors (Lipinski definition) is 8. The van der Waals surface area contributed by atoms with E-state index in [4.69, 9.17) is 9.47 Å². The van der Waals surface area contributed by atoms with Gasteiger partial charge in [-0.15, -0.1) is 21.5 Å². The summed E-state index contributed by atoms with van der Waals surface area (Å²) in [6.45, 7) is 3.79. The molecule has 0 aliphatic heterocycles. The Morgan fingerprint density at radius 1 is 1.14 bits per heavy atom.